The number of hydrogen-bond acceptors (Lipinski definition) is 3. The Bertz CT molecular complexity index is 1980. The smallest absolute Gasteiger partial charge is 0.246 e. The van der Waals surface area contributed by atoms with Crippen LogP contribution in [0.2, 0.25) is 0 Å². The van der Waals surface area contributed by atoms with Crippen LogP contribution in [0.15, 0.2) is 116 Å². The van der Waals surface area contributed by atoms with Crippen molar-refractivity contribution in [3.63, 3.8) is 0 Å². The second kappa shape index (κ2) is 12.1. The van der Waals surface area contributed by atoms with Crippen molar-refractivity contribution < 1.29 is 9.59 Å². The quantitative estimate of drug-likeness (QED) is 0.169. The highest BCUT2D eigenvalue weighted by Gasteiger charge is 2.27. The molecule has 1 amide bonds. The average molecular weight is 566 g/mol. The molecule has 0 saturated carbocycles. The molecule has 5 nitrogen and oxygen atoms in total. The summed E-state index contributed by atoms with van der Waals surface area (Å²) in [6.07, 6.45) is 4.45. The minimum Gasteiger partial charge on any atom is -0.339 e. The molecule has 6 aromatic rings. The third-order valence-electron chi connectivity index (χ3n) is 8.35. The van der Waals surface area contributed by atoms with E-state index in [1.54, 1.807) is 4.90 Å². The molecule has 43 heavy (non-hydrogen) atoms. The second-order valence-electron chi connectivity index (χ2n) is 11.1. The first-order valence-corrected chi connectivity index (χ1v) is 14.6. The summed E-state index contributed by atoms with van der Waals surface area (Å²) in [5.41, 5.74) is 7.00. The Balaban J connectivity index is 0.000000281. The third kappa shape index (κ3) is 5.60. The summed E-state index contributed by atoms with van der Waals surface area (Å²) in [7, 11) is 1.90. The highest BCUT2D eigenvalue weighted by atomic mass is 16.2. The first-order valence-electron chi connectivity index (χ1n) is 14.6. The molecule has 1 N–H and O–H groups in total. The Kier molecular flexibility index (Phi) is 7.91. The first kappa shape index (κ1) is 28.1. The van der Waals surface area contributed by atoms with Gasteiger partial charge in [-0.15, -0.1) is 0 Å². The molecule has 0 spiro atoms. The number of nitrogens with zero attached hydrogens (tertiary/aromatic N) is 2. The summed E-state index contributed by atoms with van der Waals surface area (Å²) in [5, 5.41) is 9.18. The summed E-state index contributed by atoms with van der Waals surface area (Å²) in [6.45, 7) is 7.53. The van der Waals surface area contributed by atoms with Gasteiger partial charge < -0.3 is 19.6 Å². The summed E-state index contributed by atoms with van der Waals surface area (Å²) in [6, 6.07) is 35.1. The molecule has 1 aromatic heterocycles. The van der Waals surface area contributed by atoms with Gasteiger partial charge in [0, 0.05) is 36.3 Å². The molecule has 5 heteroatoms. The minimum absolute atomic E-state index is 0.0338. The van der Waals surface area contributed by atoms with Gasteiger partial charge in [-0.25, -0.2) is 0 Å². The van der Waals surface area contributed by atoms with Gasteiger partial charge in [0.2, 0.25) is 5.91 Å². The number of nitrogens with one attached hydrogen (secondary N) is 1. The number of likely N-dealkylation sites (tertiary alicyclic amines) is 1. The number of carbonyl (C=O) groups excluding carboxylic acids is 2. The summed E-state index contributed by atoms with van der Waals surface area (Å²) < 4.78 is 2.08. The van der Waals surface area contributed by atoms with E-state index in [4.69, 9.17) is 0 Å². The van der Waals surface area contributed by atoms with E-state index in [0.717, 1.165) is 30.5 Å². The van der Waals surface area contributed by atoms with E-state index in [0.29, 0.717) is 12.6 Å². The van der Waals surface area contributed by atoms with Crippen LogP contribution >= 0.6 is 0 Å². The maximum atomic E-state index is 11.4. The van der Waals surface area contributed by atoms with E-state index in [2.05, 4.69) is 127 Å². The Morgan fingerprint density at radius 1 is 0.837 bits per heavy atom. The van der Waals surface area contributed by atoms with E-state index >= 15 is 0 Å². The van der Waals surface area contributed by atoms with E-state index in [-0.39, 0.29) is 5.91 Å². The van der Waals surface area contributed by atoms with Crippen LogP contribution in [0, 0.1) is 6.92 Å². The molecule has 0 atom stereocenters. The van der Waals surface area contributed by atoms with Crippen LogP contribution < -0.4 is 5.32 Å². The molecule has 0 radical (unpaired) electrons. The largest absolute Gasteiger partial charge is 0.339 e. The lowest BCUT2D eigenvalue weighted by molar-refractivity contribution is -0.130. The van der Waals surface area contributed by atoms with E-state index in [9.17, 15) is 9.59 Å². The van der Waals surface area contributed by atoms with Crippen LogP contribution in [0.5, 0.6) is 0 Å². The van der Waals surface area contributed by atoms with Crippen molar-refractivity contribution in [2.75, 3.05) is 20.1 Å². The Morgan fingerprint density at radius 2 is 1.44 bits per heavy atom. The van der Waals surface area contributed by atoms with Crippen molar-refractivity contribution in [1.82, 2.24) is 14.8 Å². The molecule has 1 aliphatic heterocycles. The predicted molar refractivity (Wildman–Crippen MR) is 178 cm³/mol. The fraction of sp³-hybridized carbons (Fsp3) is 0.158. The molecular formula is C38H35N3O2. The highest BCUT2D eigenvalue weighted by Crippen LogP contribution is 2.37. The number of carbonyl (C=O) groups is 2. The molecule has 5 aromatic carbocycles. The monoisotopic (exact) mass is 565 g/mol. The van der Waals surface area contributed by atoms with Crippen molar-refractivity contribution in [2.45, 2.75) is 19.5 Å². The Morgan fingerprint density at radius 3 is 2.05 bits per heavy atom. The summed E-state index contributed by atoms with van der Waals surface area (Å²) in [5.74, 6) is 0.0338. The molecule has 0 unspecified atom stereocenters. The Hall–Kier alpha value is -5.00. The topological polar surface area (TPSA) is 54.3 Å². The SMILES string of the molecule is C=CC(=O)N1CC(NC)C1.Cc1cc(-c2ccc3ccccc3c2)cc2c(-c3ccc4ccccc4c3)cn(CC=O)c12. The maximum absolute atomic E-state index is 11.4. The van der Waals surface area contributed by atoms with Crippen molar-refractivity contribution in [3.05, 3.63) is 121 Å². The number of benzene rings is 5. The number of hydrogen-bond donors (Lipinski definition) is 1. The second-order valence-corrected chi connectivity index (χ2v) is 11.1. The van der Waals surface area contributed by atoms with Crippen molar-refractivity contribution in [1.29, 1.82) is 0 Å². The van der Waals surface area contributed by atoms with Crippen LogP contribution in [-0.4, -0.2) is 47.8 Å². The minimum atomic E-state index is 0.0338. The van der Waals surface area contributed by atoms with Crippen LogP contribution in [0.1, 0.15) is 5.56 Å². The number of likely N-dealkylation sites (N-methyl/N-ethyl adjacent to an activating group) is 1. The molecule has 214 valence electrons. The number of aldehydes is 1. The Labute approximate surface area is 252 Å². The van der Waals surface area contributed by atoms with Crippen molar-refractivity contribution >= 4 is 44.6 Å². The molecule has 1 fully saturated rings. The van der Waals surface area contributed by atoms with Gasteiger partial charge in [-0.1, -0.05) is 79.4 Å². The lowest BCUT2D eigenvalue weighted by atomic mass is 9.95. The zero-order valence-corrected chi connectivity index (χ0v) is 24.6. The van der Waals surface area contributed by atoms with Gasteiger partial charge in [-0.2, -0.15) is 0 Å². The molecule has 1 saturated heterocycles. The zero-order valence-electron chi connectivity index (χ0n) is 24.6. The average Bonchev–Trinajstić information content (AvgIpc) is 3.39. The number of amides is 1. The number of rotatable bonds is 6. The van der Waals surface area contributed by atoms with Gasteiger partial charge in [0.25, 0.3) is 0 Å². The fourth-order valence-electron chi connectivity index (χ4n) is 5.97. The lowest BCUT2D eigenvalue weighted by Gasteiger charge is -2.38. The number of aromatic nitrogens is 1. The molecule has 1 aliphatic rings. The number of fused-ring (bicyclic) bond motifs is 3. The molecule has 2 heterocycles. The molecule has 7 rings (SSSR count). The van der Waals surface area contributed by atoms with E-state index in [1.165, 1.54) is 55.3 Å². The van der Waals surface area contributed by atoms with Gasteiger partial charge in [0.05, 0.1) is 12.1 Å². The van der Waals surface area contributed by atoms with E-state index < -0.39 is 0 Å². The summed E-state index contributed by atoms with van der Waals surface area (Å²) in [4.78, 5) is 24.0. The van der Waals surface area contributed by atoms with Crippen LogP contribution in [0.25, 0.3) is 54.7 Å². The summed E-state index contributed by atoms with van der Waals surface area (Å²) >= 11 is 0. The van der Waals surface area contributed by atoms with E-state index in [1.807, 2.05) is 7.05 Å². The molecule has 0 bridgehead atoms. The fourth-order valence-corrected chi connectivity index (χ4v) is 5.97. The van der Waals surface area contributed by atoms with Gasteiger partial charge in [-0.05, 0) is 88.1 Å². The normalized spacial score (nSPS) is 13.0. The van der Waals surface area contributed by atoms with Gasteiger partial charge in [0.1, 0.15) is 6.29 Å². The van der Waals surface area contributed by atoms with Crippen LogP contribution in [-0.2, 0) is 16.1 Å². The molecule has 0 aliphatic carbocycles. The number of aryl methyl sites for hydroxylation is 1. The highest BCUT2D eigenvalue weighted by molar-refractivity contribution is 6.02. The molecular weight excluding hydrogens is 530 g/mol. The zero-order chi connectivity index (χ0) is 29.9. The van der Waals surface area contributed by atoms with Crippen LogP contribution in [0.4, 0.5) is 0 Å². The van der Waals surface area contributed by atoms with Crippen molar-refractivity contribution in [3.8, 4) is 22.3 Å². The third-order valence-corrected chi connectivity index (χ3v) is 8.35. The standard InChI is InChI=1S/C31H23NO.C7H12N2O/c1-21-16-28(26-12-10-22-6-2-4-8-24(22)17-26)19-29-30(20-32(14-15-33)31(21)29)27-13-11-23-7-3-5-9-25(23)18-27;1-3-7(10)9-4-6(5-9)8-2/h2-13,15-20H,14H2,1H3;3,6,8H,1,4-5H2,2H3. The van der Waals surface area contributed by atoms with Gasteiger partial charge in [-0.3, -0.25) is 4.79 Å². The lowest BCUT2D eigenvalue weighted by Crippen LogP contribution is -2.58. The van der Waals surface area contributed by atoms with Crippen LogP contribution in [0.3, 0.4) is 0 Å². The maximum Gasteiger partial charge on any atom is 0.246 e. The first-order chi connectivity index (χ1) is 21.0. The van der Waals surface area contributed by atoms with Gasteiger partial charge in [0.15, 0.2) is 0 Å². The van der Waals surface area contributed by atoms with Gasteiger partial charge >= 0.3 is 0 Å². The predicted octanol–water partition coefficient (Wildman–Crippen LogP) is 7.39. The van der Waals surface area contributed by atoms with Crippen molar-refractivity contribution in [2.24, 2.45) is 0 Å².